The number of phenolic OH excluding ortho intramolecular Hbond substituents is 2. The number of nitrogens with one attached hydrogen (secondary N) is 1. The highest BCUT2D eigenvalue weighted by molar-refractivity contribution is 5.90. The van der Waals surface area contributed by atoms with Gasteiger partial charge in [-0.15, -0.1) is 0 Å². The number of benzene rings is 2. The van der Waals surface area contributed by atoms with Crippen LogP contribution >= 0.6 is 0 Å². The van der Waals surface area contributed by atoms with Crippen LogP contribution in [0.2, 0.25) is 0 Å². The van der Waals surface area contributed by atoms with Crippen LogP contribution in [0.25, 0.3) is 22.1 Å². The fraction of sp³-hybridized carbons (Fsp3) is 0.286. The van der Waals surface area contributed by atoms with Crippen molar-refractivity contribution >= 4 is 11.0 Å². The lowest BCUT2D eigenvalue weighted by atomic mass is 10.0. The fourth-order valence-electron chi connectivity index (χ4n) is 3.54. The monoisotopic (exact) mass is 382 g/mol. The van der Waals surface area contributed by atoms with E-state index in [0.29, 0.717) is 29.0 Å². The molecular weight excluding hydrogens is 360 g/mol. The maximum Gasteiger partial charge on any atom is 0.204 e. The molecule has 1 saturated heterocycles. The van der Waals surface area contributed by atoms with Crippen LogP contribution in [0.1, 0.15) is 5.56 Å². The van der Waals surface area contributed by atoms with Crippen LogP contribution in [0, 0.1) is 0 Å². The van der Waals surface area contributed by atoms with Gasteiger partial charge >= 0.3 is 0 Å². The zero-order valence-corrected chi connectivity index (χ0v) is 15.6. The molecule has 7 nitrogen and oxygen atoms in total. The summed E-state index contributed by atoms with van der Waals surface area (Å²) in [6, 6.07) is 8.25. The molecule has 146 valence electrons. The lowest BCUT2D eigenvalue weighted by molar-refractivity contribution is 0.230. The molecule has 4 rings (SSSR count). The summed E-state index contributed by atoms with van der Waals surface area (Å²) < 4.78 is 10.9. The van der Waals surface area contributed by atoms with E-state index in [0.717, 1.165) is 26.2 Å². The summed E-state index contributed by atoms with van der Waals surface area (Å²) in [6.07, 6.45) is 1.38. The molecule has 0 aliphatic carbocycles. The van der Waals surface area contributed by atoms with E-state index in [2.05, 4.69) is 10.2 Å². The molecular formula is C21H22N2O5. The second-order valence-electron chi connectivity index (χ2n) is 6.83. The van der Waals surface area contributed by atoms with Gasteiger partial charge in [0.05, 0.1) is 18.2 Å². The molecule has 0 amide bonds. The van der Waals surface area contributed by atoms with Crippen LogP contribution in [0.5, 0.6) is 17.2 Å². The first-order chi connectivity index (χ1) is 13.6. The Hall–Kier alpha value is -3.03. The molecule has 28 heavy (non-hydrogen) atoms. The molecule has 2 heterocycles. The van der Waals surface area contributed by atoms with E-state index >= 15 is 0 Å². The van der Waals surface area contributed by atoms with Gasteiger partial charge in [-0.25, -0.2) is 0 Å². The Labute approximate surface area is 161 Å². The SMILES string of the molecule is COc1ccc(-c2coc3c(CN4CCNCC4)c(O)cc(O)c3c2=O)cc1. The van der Waals surface area contributed by atoms with Gasteiger partial charge in [0.15, 0.2) is 0 Å². The van der Waals surface area contributed by atoms with Crippen LogP contribution in [0.4, 0.5) is 0 Å². The number of methoxy groups -OCH3 is 1. The Bertz CT molecular complexity index is 1050. The van der Waals surface area contributed by atoms with Crippen molar-refractivity contribution in [3.05, 3.63) is 52.4 Å². The average molecular weight is 382 g/mol. The van der Waals surface area contributed by atoms with Gasteiger partial charge in [0.25, 0.3) is 0 Å². The number of hydrogen-bond donors (Lipinski definition) is 3. The maximum absolute atomic E-state index is 13.1. The molecule has 2 aromatic carbocycles. The summed E-state index contributed by atoms with van der Waals surface area (Å²) >= 11 is 0. The van der Waals surface area contributed by atoms with Crippen molar-refractivity contribution in [1.29, 1.82) is 0 Å². The molecule has 0 spiro atoms. The van der Waals surface area contributed by atoms with E-state index in [1.807, 2.05) is 0 Å². The minimum Gasteiger partial charge on any atom is -0.507 e. The van der Waals surface area contributed by atoms with E-state index in [4.69, 9.17) is 9.15 Å². The number of phenols is 2. The van der Waals surface area contributed by atoms with E-state index in [9.17, 15) is 15.0 Å². The topological polar surface area (TPSA) is 95.2 Å². The Kier molecular flexibility index (Phi) is 4.93. The van der Waals surface area contributed by atoms with Crippen molar-refractivity contribution in [2.45, 2.75) is 6.54 Å². The number of nitrogens with zero attached hydrogens (tertiary/aromatic N) is 1. The Morgan fingerprint density at radius 1 is 1.14 bits per heavy atom. The summed E-state index contributed by atoms with van der Waals surface area (Å²) in [5.74, 6) is 0.310. The summed E-state index contributed by atoms with van der Waals surface area (Å²) in [5, 5.41) is 24.1. The van der Waals surface area contributed by atoms with Crippen LogP contribution in [0.15, 0.2) is 45.8 Å². The third-order valence-electron chi connectivity index (χ3n) is 5.10. The summed E-state index contributed by atoms with van der Waals surface area (Å²) in [7, 11) is 1.57. The molecule has 1 aromatic heterocycles. The zero-order valence-electron chi connectivity index (χ0n) is 15.6. The first-order valence-corrected chi connectivity index (χ1v) is 9.15. The van der Waals surface area contributed by atoms with Crippen molar-refractivity contribution in [1.82, 2.24) is 10.2 Å². The highest BCUT2D eigenvalue weighted by Gasteiger charge is 2.21. The van der Waals surface area contributed by atoms with Gasteiger partial charge in [0, 0.05) is 38.8 Å². The smallest absolute Gasteiger partial charge is 0.204 e. The number of aromatic hydroxyl groups is 2. The van der Waals surface area contributed by atoms with Crippen molar-refractivity contribution in [3.63, 3.8) is 0 Å². The molecule has 3 aromatic rings. The molecule has 0 unspecified atom stereocenters. The summed E-state index contributed by atoms with van der Waals surface area (Å²) in [5.41, 5.74) is 1.38. The minimum absolute atomic E-state index is 0.0797. The third-order valence-corrected chi connectivity index (χ3v) is 5.10. The van der Waals surface area contributed by atoms with Gasteiger partial charge < -0.3 is 24.7 Å². The van der Waals surface area contributed by atoms with Gasteiger partial charge in [0.2, 0.25) is 5.43 Å². The van der Waals surface area contributed by atoms with Gasteiger partial charge in [-0.3, -0.25) is 9.69 Å². The quantitative estimate of drug-likeness (QED) is 0.637. The minimum atomic E-state index is -0.342. The van der Waals surface area contributed by atoms with Crippen molar-refractivity contribution in [3.8, 4) is 28.4 Å². The van der Waals surface area contributed by atoms with Crippen LogP contribution in [-0.2, 0) is 6.54 Å². The highest BCUT2D eigenvalue weighted by atomic mass is 16.5. The predicted octanol–water partition coefficient (Wildman–Crippen LogP) is 2.29. The number of ether oxygens (including phenoxy) is 1. The highest BCUT2D eigenvalue weighted by Crippen LogP contribution is 2.35. The Morgan fingerprint density at radius 3 is 2.54 bits per heavy atom. The van der Waals surface area contributed by atoms with E-state index in [1.54, 1.807) is 31.4 Å². The molecule has 0 saturated carbocycles. The molecule has 1 fully saturated rings. The second-order valence-corrected chi connectivity index (χ2v) is 6.83. The first kappa shape index (κ1) is 18.3. The Balaban J connectivity index is 1.82. The largest absolute Gasteiger partial charge is 0.507 e. The van der Waals surface area contributed by atoms with Crippen LogP contribution < -0.4 is 15.5 Å². The normalized spacial score (nSPS) is 15.0. The number of hydrogen-bond acceptors (Lipinski definition) is 7. The predicted molar refractivity (Wildman–Crippen MR) is 106 cm³/mol. The molecule has 1 aliphatic heterocycles. The van der Waals surface area contributed by atoms with Crippen molar-refractivity contribution in [2.75, 3.05) is 33.3 Å². The van der Waals surface area contributed by atoms with E-state index in [1.165, 1.54) is 12.3 Å². The molecule has 7 heteroatoms. The average Bonchev–Trinajstić information content (AvgIpc) is 2.72. The molecule has 0 radical (unpaired) electrons. The summed E-state index contributed by atoms with van der Waals surface area (Å²) in [6.45, 7) is 3.83. The van der Waals surface area contributed by atoms with E-state index < -0.39 is 0 Å². The van der Waals surface area contributed by atoms with Gasteiger partial charge in [-0.2, -0.15) is 0 Å². The standard InChI is InChI=1S/C21H22N2O5/c1-27-14-4-2-13(3-5-14)16-12-28-21-15(11-23-8-6-22-7-9-23)17(24)10-18(25)19(21)20(16)26/h2-5,10,12,22,24-25H,6-9,11H2,1H3. The maximum atomic E-state index is 13.1. The third kappa shape index (κ3) is 3.30. The lowest BCUT2D eigenvalue weighted by Gasteiger charge is -2.27. The Morgan fingerprint density at radius 2 is 1.86 bits per heavy atom. The molecule has 0 atom stereocenters. The number of rotatable bonds is 4. The zero-order chi connectivity index (χ0) is 19.7. The molecule has 3 N–H and O–H groups in total. The fourth-order valence-corrected chi connectivity index (χ4v) is 3.54. The van der Waals surface area contributed by atoms with E-state index in [-0.39, 0.29) is 27.9 Å². The summed E-state index contributed by atoms with van der Waals surface area (Å²) in [4.78, 5) is 15.3. The van der Waals surface area contributed by atoms with Crippen LogP contribution in [-0.4, -0.2) is 48.4 Å². The van der Waals surface area contributed by atoms with Gasteiger partial charge in [0.1, 0.15) is 34.5 Å². The van der Waals surface area contributed by atoms with Crippen LogP contribution in [0.3, 0.4) is 0 Å². The number of fused-ring (bicyclic) bond motifs is 1. The molecule has 0 bridgehead atoms. The van der Waals surface area contributed by atoms with Gasteiger partial charge in [-0.05, 0) is 17.7 Å². The number of piperazine rings is 1. The van der Waals surface area contributed by atoms with Crippen molar-refractivity contribution in [2.24, 2.45) is 0 Å². The van der Waals surface area contributed by atoms with Crippen molar-refractivity contribution < 1.29 is 19.4 Å². The first-order valence-electron chi connectivity index (χ1n) is 9.15. The molecule has 1 aliphatic rings. The lowest BCUT2D eigenvalue weighted by Crippen LogP contribution is -2.42. The second kappa shape index (κ2) is 7.53. The van der Waals surface area contributed by atoms with Gasteiger partial charge in [-0.1, -0.05) is 12.1 Å².